The number of hydrogen-bond donors (Lipinski definition) is 0. The van der Waals surface area contributed by atoms with E-state index in [1.807, 2.05) is 150 Å². The Morgan fingerprint density at radius 2 is 1.00 bits per heavy atom. The van der Waals surface area contributed by atoms with Crippen LogP contribution in [0, 0.1) is 11.3 Å². The first kappa shape index (κ1) is 35.9. The van der Waals surface area contributed by atoms with Gasteiger partial charge < -0.3 is 9.13 Å². The summed E-state index contributed by atoms with van der Waals surface area (Å²) >= 11 is 0. The highest BCUT2D eigenvalue weighted by atomic mass is 15.0. The summed E-state index contributed by atoms with van der Waals surface area (Å²) in [6.45, 7) is 0. The molecule has 0 amide bonds. The van der Waals surface area contributed by atoms with E-state index < -0.39 is 0 Å². The van der Waals surface area contributed by atoms with Crippen molar-refractivity contribution in [3.8, 4) is 73.9 Å². The molecule has 0 aliphatic heterocycles. The Morgan fingerprint density at radius 3 is 1.76 bits per heavy atom. The molecule has 6 nitrogen and oxygen atoms in total. The van der Waals surface area contributed by atoms with E-state index in [0.717, 1.165) is 87.9 Å². The van der Waals surface area contributed by atoms with Crippen LogP contribution in [-0.2, 0) is 0 Å². The van der Waals surface area contributed by atoms with E-state index in [4.69, 9.17) is 15.0 Å². The lowest BCUT2D eigenvalue weighted by Crippen LogP contribution is -2.03. The average molecular weight is 870 g/mol. The summed E-state index contributed by atoms with van der Waals surface area (Å²) in [6.07, 6.45) is 0. The first-order chi connectivity index (χ1) is 34.9. The Hall–Kier alpha value is -9.44. The van der Waals surface area contributed by atoms with Gasteiger partial charge in [0.15, 0.2) is 17.5 Å². The second-order valence-electron chi connectivity index (χ2n) is 16.8. The SMILES string of the molecule is [2H]c1c([2H])c(-n2c3ccccc3c3ccc4c(c5ccccc5n4-c4ccc5ccccc5c4)c32)c(C#N)c([2H])c1-c1nc(-c2ccc(-c3ccccc3)cc2)nc(-c2ccccc2-c2ccccc2)n1. The van der Waals surface area contributed by atoms with Crippen LogP contribution in [0.5, 0.6) is 0 Å². The molecule has 13 rings (SSSR count). The maximum atomic E-state index is 11.3. The van der Waals surface area contributed by atoms with Gasteiger partial charge in [0.2, 0.25) is 0 Å². The Bertz CT molecular complexity index is 4330. The van der Waals surface area contributed by atoms with Crippen LogP contribution >= 0.6 is 0 Å². The van der Waals surface area contributed by atoms with Crippen LogP contribution in [0.3, 0.4) is 0 Å². The molecule has 0 saturated heterocycles. The second-order valence-corrected chi connectivity index (χ2v) is 16.8. The van der Waals surface area contributed by atoms with Crippen molar-refractivity contribution >= 4 is 54.4 Å². The number of fused-ring (bicyclic) bond motifs is 8. The van der Waals surface area contributed by atoms with Gasteiger partial charge in [0.05, 0.1) is 37.4 Å². The Kier molecular flexibility index (Phi) is 8.39. The van der Waals surface area contributed by atoms with Crippen molar-refractivity contribution in [1.82, 2.24) is 24.1 Å². The zero-order valence-electron chi connectivity index (χ0n) is 39.4. The van der Waals surface area contributed by atoms with E-state index in [2.05, 4.69) is 77.4 Å². The summed E-state index contributed by atoms with van der Waals surface area (Å²) in [5.41, 5.74) is 9.87. The van der Waals surface area contributed by atoms with E-state index >= 15 is 0 Å². The van der Waals surface area contributed by atoms with Crippen molar-refractivity contribution in [3.05, 3.63) is 236 Å². The van der Waals surface area contributed by atoms with E-state index in [0.29, 0.717) is 17.2 Å². The molecule has 316 valence electrons. The average Bonchev–Trinajstić information content (AvgIpc) is 3.95. The molecule has 0 fully saturated rings. The maximum Gasteiger partial charge on any atom is 0.164 e. The number of benzene rings is 10. The second kappa shape index (κ2) is 15.9. The summed E-state index contributed by atoms with van der Waals surface area (Å²) in [5.74, 6) is 0.680. The fourth-order valence-corrected chi connectivity index (χ4v) is 9.82. The summed E-state index contributed by atoms with van der Waals surface area (Å²) in [7, 11) is 0. The van der Waals surface area contributed by atoms with Crippen LogP contribution in [-0.4, -0.2) is 24.1 Å². The predicted molar refractivity (Wildman–Crippen MR) is 278 cm³/mol. The molecule has 0 radical (unpaired) electrons. The highest BCUT2D eigenvalue weighted by Crippen LogP contribution is 2.43. The van der Waals surface area contributed by atoms with E-state index in [-0.39, 0.29) is 40.8 Å². The van der Waals surface area contributed by atoms with Crippen LogP contribution in [0.2, 0.25) is 0 Å². The molecule has 6 heteroatoms. The minimum absolute atomic E-state index is 0.0228. The van der Waals surface area contributed by atoms with Gasteiger partial charge in [0.25, 0.3) is 0 Å². The molecule has 3 heterocycles. The van der Waals surface area contributed by atoms with Gasteiger partial charge in [-0.3, -0.25) is 0 Å². The summed E-state index contributed by atoms with van der Waals surface area (Å²) in [5, 5.41) is 17.3. The van der Waals surface area contributed by atoms with Gasteiger partial charge in [-0.25, -0.2) is 15.0 Å². The first-order valence-electron chi connectivity index (χ1n) is 24.0. The molecule has 0 spiro atoms. The smallest absolute Gasteiger partial charge is 0.164 e. The zero-order valence-corrected chi connectivity index (χ0v) is 36.4. The normalized spacial score (nSPS) is 12.1. The summed E-state index contributed by atoms with van der Waals surface area (Å²) < 4.78 is 34.1. The third kappa shape index (κ3) is 6.37. The zero-order chi connectivity index (χ0) is 47.7. The van der Waals surface area contributed by atoms with Crippen molar-refractivity contribution < 1.29 is 4.11 Å². The van der Waals surface area contributed by atoms with Gasteiger partial charge in [-0.2, -0.15) is 5.26 Å². The van der Waals surface area contributed by atoms with Crippen molar-refractivity contribution in [2.45, 2.75) is 0 Å². The Balaban J connectivity index is 1.07. The minimum Gasteiger partial charge on any atom is -0.309 e. The van der Waals surface area contributed by atoms with Crippen molar-refractivity contribution in [3.63, 3.8) is 0 Å². The highest BCUT2D eigenvalue weighted by Gasteiger charge is 2.23. The van der Waals surface area contributed by atoms with Gasteiger partial charge in [-0.05, 0) is 81.5 Å². The molecule has 10 aromatic carbocycles. The third-order valence-electron chi connectivity index (χ3n) is 13.0. The number of para-hydroxylation sites is 2. The van der Waals surface area contributed by atoms with Crippen LogP contribution in [0.4, 0.5) is 0 Å². The van der Waals surface area contributed by atoms with Crippen LogP contribution in [0.25, 0.3) is 122 Å². The molecular weight excluding hydrogens is 829 g/mol. The molecule has 0 aliphatic carbocycles. The van der Waals surface area contributed by atoms with Gasteiger partial charge >= 0.3 is 0 Å². The summed E-state index contributed by atoms with van der Waals surface area (Å²) in [6, 6.07) is 72.8. The molecule has 0 saturated carbocycles. The molecule has 68 heavy (non-hydrogen) atoms. The van der Waals surface area contributed by atoms with E-state index in [9.17, 15) is 9.37 Å². The van der Waals surface area contributed by atoms with Crippen molar-refractivity contribution in [2.24, 2.45) is 0 Å². The lowest BCUT2D eigenvalue weighted by atomic mass is 9.99. The van der Waals surface area contributed by atoms with Crippen molar-refractivity contribution in [2.75, 3.05) is 0 Å². The van der Waals surface area contributed by atoms with Crippen LogP contribution in [0.15, 0.2) is 230 Å². The van der Waals surface area contributed by atoms with E-state index in [1.165, 1.54) is 0 Å². The molecule has 0 aliphatic rings. The molecule has 0 atom stereocenters. The molecule has 0 unspecified atom stereocenters. The topological polar surface area (TPSA) is 72.3 Å². The van der Waals surface area contributed by atoms with Crippen LogP contribution in [0.1, 0.15) is 9.68 Å². The van der Waals surface area contributed by atoms with Crippen molar-refractivity contribution in [1.29, 1.82) is 5.26 Å². The Morgan fingerprint density at radius 1 is 0.412 bits per heavy atom. The molecular formula is C62H38N6. The largest absolute Gasteiger partial charge is 0.309 e. The monoisotopic (exact) mass is 869 g/mol. The van der Waals surface area contributed by atoms with Gasteiger partial charge in [-0.1, -0.05) is 182 Å². The standard InChI is InChI=1S/C62H38N6/c63-39-47-37-46(61-64-60(44-29-27-42(28-30-44)40-15-3-1-4-16-40)65-62(66-61)52-23-10-9-21-49(52)43-18-5-2-6-19-43)32-35-54(47)68-55-25-13-11-22-50(55)51-34-36-57-58(59(51)68)53-24-12-14-26-56(53)67(57)48-33-31-41-17-7-8-20-45(41)38-48/h1-38H/i32D,35D,37D. The van der Waals surface area contributed by atoms with Crippen LogP contribution < -0.4 is 0 Å². The minimum atomic E-state index is -0.278. The summed E-state index contributed by atoms with van der Waals surface area (Å²) in [4.78, 5) is 15.1. The highest BCUT2D eigenvalue weighted by molar-refractivity contribution is 6.26. The first-order valence-corrected chi connectivity index (χ1v) is 22.5. The number of nitriles is 1. The van der Waals surface area contributed by atoms with Gasteiger partial charge in [0, 0.05) is 43.9 Å². The number of nitrogens with zero attached hydrogens (tertiary/aromatic N) is 6. The maximum absolute atomic E-state index is 11.3. The number of hydrogen-bond acceptors (Lipinski definition) is 4. The van der Waals surface area contributed by atoms with Gasteiger partial charge in [-0.15, -0.1) is 0 Å². The lowest BCUT2D eigenvalue weighted by molar-refractivity contribution is 1.07. The Labute approximate surface area is 396 Å². The molecule has 13 aromatic rings. The molecule has 0 N–H and O–H groups in total. The predicted octanol–water partition coefficient (Wildman–Crippen LogP) is 15.4. The third-order valence-corrected chi connectivity index (χ3v) is 13.0. The quantitative estimate of drug-likeness (QED) is 0.160. The fraction of sp³-hybridized carbons (Fsp3) is 0. The van der Waals surface area contributed by atoms with E-state index in [1.54, 1.807) is 0 Å². The van der Waals surface area contributed by atoms with Gasteiger partial charge in [0.1, 0.15) is 6.07 Å². The molecule has 3 aromatic heterocycles. The lowest BCUT2D eigenvalue weighted by Gasteiger charge is -2.14. The number of rotatable bonds is 7. The number of aromatic nitrogens is 5. The molecule has 0 bridgehead atoms. The fourth-order valence-electron chi connectivity index (χ4n) is 9.82.